The van der Waals surface area contributed by atoms with Crippen LogP contribution in [0, 0.1) is 6.92 Å². The van der Waals surface area contributed by atoms with Crippen LogP contribution in [0.15, 0.2) is 57.7 Å². The first-order valence-corrected chi connectivity index (χ1v) is 7.44. The van der Waals surface area contributed by atoms with Crippen molar-refractivity contribution in [2.24, 2.45) is 0 Å². The summed E-state index contributed by atoms with van der Waals surface area (Å²) in [7, 11) is 1.62. The third kappa shape index (κ3) is 3.27. The number of rotatable bonds is 5. The Morgan fingerprint density at radius 3 is 2.61 bits per heavy atom. The summed E-state index contributed by atoms with van der Waals surface area (Å²) in [5.41, 5.74) is 3.16. The lowest BCUT2D eigenvalue weighted by Crippen LogP contribution is -2.04. The second-order valence-electron chi connectivity index (χ2n) is 5.29. The standard InChI is InChI=1S/C19H18O4/c1-13-5-3-4-6-15(13)17-12-19(20)23-18-11-14(7-8-16(17)18)22-10-9-21-2/h3-8,11-12H,9-10H2,1-2H3. The van der Waals surface area contributed by atoms with E-state index in [0.717, 1.165) is 22.1 Å². The molecule has 3 aromatic rings. The summed E-state index contributed by atoms with van der Waals surface area (Å²) in [5, 5.41) is 0.887. The van der Waals surface area contributed by atoms with Crippen LogP contribution in [0.3, 0.4) is 0 Å². The molecule has 0 fully saturated rings. The van der Waals surface area contributed by atoms with Gasteiger partial charge in [0.1, 0.15) is 17.9 Å². The molecular formula is C19H18O4. The highest BCUT2D eigenvalue weighted by Gasteiger charge is 2.10. The zero-order valence-corrected chi connectivity index (χ0v) is 13.2. The summed E-state index contributed by atoms with van der Waals surface area (Å²) in [6, 6.07) is 15.1. The monoisotopic (exact) mass is 310 g/mol. The number of fused-ring (bicyclic) bond motifs is 1. The molecule has 0 amide bonds. The smallest absolute Gasteiger partial charge is 0.336 e. The lowest BCUT2D eigenvalue weighted by molar-refractivity contribution is 0.146. The van der Waals surface area contributed by atoms with Crippen LogP contribution in [0.1, 0.15) is 5.56 Å². The number of hydrogen-bond acceptors (Lipinski definition) is 4. The fraction of sp³-hybridized carbons (Fsp3) is 0.211. The quantitative estimate of drug-likeness (QED) is 0.531. The van der Waals surface area contributed by atoms with E-state index in [1.54, 1.807) is 13.2 Å². The zero-order chi connectivity index (χ0) is 16.2. The maximum Gasteiger partial charge on any atom is 0.336 e. The molecule has 0 saturated heterocycles. The molecule has 0 unspecified atom stereocenters. The summed E-state index contributed by atoms with van der Waals surface area (Å²) in [5.74, 6) is 0.652. The van der Waals surface area contributed by atoms with E-state index in [9.17, 15) is 4.79 Å². The molecular weight excluding hydrogens is 292 g/mol. The predicted molar refractivity (Wildman–Crippen MR) is 90.0 cm³/mol. The van der Waals surface area contributed by atoms with E-state index in [2.05, 4.69) is 0 Å². The Hall–Kier alpha value is -2.59. The van der Waals surface area contributed by atoms with E-state index in [1.165, 1.54) is 6.07 Å². The van der Waals surface area contributed by atoms with Gasteiger partial charge in [-0.15, -0.1) is 0 Å². The molecule has 0 saturated carbocycles. The normalized spacial score (nSPS) is 10.9. The van der Waals surface area contributed by atoms with Gasteiger partial charge in [-0.25, -0.2) is 4.79 Å². The van der Waals surface area contributed by atoms with Gasteiger partial charge in [-0.05, 0) is 30.2 Å². The highest BCUT2D eigenvalue weighted by molar-refractivity contribution is 5.94. The van der Waals surface area contributed by atoms with Crippen molar-refractivity contribution in [1.29, 1.82) is 0 Å². The molecule has 4 heteroatoms. The first-order valence-electron chi connectivity index (χ1n) is 7.44. The minimum atomic E-state index is -0.371. The maximum absolute atomic E-state index is 11.9. The number of ether oxygens (including phenoxy) is 2. The second-order valence-corrected chi connectivity index (χ2v) is 5.29. The molecule has 1 aromatic heterocycles. The lowest BCUT2D eigenvalue weighted by atomic mass is 9.98. The number of aryl methyl sites for hydroxylation is 1. The van der Waals surface area contributed by atoms with Gasteiger partial charge in [0, 0.05) is 30.2 Å². The van der Waals surface area contributed by atoms with Gasteiger partial charge in [-0.3, -0.25) is 0 Å². The molecule has 0 spiro atoms. The molecule has 0 aliphatic carbocycles. The van der Waals surface area contributed by atoms with Crippen molar-refractivity contribution in [2.75, 3.05) is 20.3 Å². The topological polar surface area (TPSA) is 48.7 Å². The van der Waals surface area contributed by atoms with Gasteiger partial charge in [-0.2, -0.15) is 0 Å². The van der Waals surface area contributed by atoms with E-state index in [1.807, 2.05) is 43.3 Å². The third-order valence-corrected chi connectivity index (χ3v) is 3.71. The Kier molecular flexibility index (Phi) is 4.44. The molecule has 0 bridgehead atoms. The van der Waals surface area contributed by atoms with E-state index < -0.39 is 0 Å². The van der Waals surface area contributed by atoms with Crippen LogP contribution in [0.5, 0.6) is 5.75 Å². The summed E-state index contributed by atoms with van der Waals surface area (Å²) < 4.78 is 15.9. The third-order valence-electron chi connectivity index (χ3n) is 3.71. The van der Waals surface area contributed by atoms with Crippen molar-refractivity contribution < 1.29 is 13.9 Å². The fourth-order valence-corrected chi connectivity index (χ4v) is 2.57. The predicted octanol–water partition coefficient (Wildman–Crippen LogP) is 3.79. The summed E-state index contributed by atoms with van der Waals surface area (Å²) in [6.45, 7) is 2.98. The summed E-state index contributed by atoms with van der Waals surface area (Å²) >= 11 is 0. The van der Waals surface area contributed by atoms with Gasteiger partial charge < -0.3 is 13.9 Å². The van der Waals surface area contributed by atoms with Crippen LogP contribution >= 0.6 is 0 Å². The Bertz CT molecular complexity index is 880. The SMILES string of the molecule is COCCOc1ccc2c(-c3ccccc3C)cc(=O)oc2c1. The molecule has 1 heterocycles. The van der Waals surface area contributed by atoms with Gasteiger partial charge in [0.2, 0.25) is 0 Å². The van der Waals surface area contributed by atoms with E-state index in [4.69, 9.17) is 13.9 Å². The van der Waals surface area contributed by atoms with Crippen molar-refractivity contribution in [1.82, 2.24) is 0 Å². The summed E-state index contributed by atoms with van der Waals surface area (Å²) in [4.78, 5) is 11.9. The fourth-order valence-electron chi connectivity index (χ4n) is 2.57. The number of benzene rings is 2. The van der Waals surface area contributed by atoms with E-state index >= 15 is 0 Å². The Morgan fingerprint density at radius 2 is 1.83 bits per heavy atom. The Balaban J connectivity index is 2.10. The largest absolute Gasteiger partial charge is 0.491 e. The molecule has 0 N–H and O–H groups in total. The highest BCUT2D eigenvalue weighted by atomic mass is 16.5. The maximum atomic E-state index is 11.9. The average molecular weight is 310 g/mol. The van der Waals surface area contributed by atoms with Crippen molar-refractivity contribution in [3.8, 4) is 16.9 Å². The van der Waals surface area contributed by atoms with Crippen LogP contribution < -0.4 is 10.4 Å². The van der Waals surface area contributed by atoms with Crippen LogP contribution in [0.4, 0.5) is 0 Å². The molecule has 4 nitrogen and oxygen atoms in total. The van der Waals surface area contributed by atoms with Gasteiger partial charge in [0.15, 0.2) is 0 Å². The number of methoxy groups -OCH3 is 1. The highest BCUT2D eigenvalue weighted by Crippen LogP contribution is 2.31. The molecule has 3 rings (SSSR count). The van der Waals surface area contributed by atoms with Crippen LogP contribution in [0.2, 0.25) is 0 Å². The summed E-state index contributed by atoms with van der Waals surface area (Å²) in [6.07, 6.45) is 0. The van der Waals surface area contributed by atoms with Gasteiger partial charge in [-0.1, -0.05) is 24.3 Å². The average Bonchev–Trinajstić information content (AvgIpc) is 2.54. The first kappa shape index (κ1) is 15.3. The van der Waals surface area contributed by atoms with Crippen LogP contribution in [0.25, 0.3) is 22.1 Å². The molecule has 0 atom stereocenters. The van der Waals surface area contributed by atoms with Crippen LogP contribution in [-0.2, 0) is 4.74 Å². The van der Waals surface area contributed by atoms with Gasteiger partial charge >= 0.3 is 5.63 Å². The molecule has 2 aromatic carbocycles. The van der Waals surface area contributed by atoms with E-state index in [0.29, 0.717) is 24.5 Å². The Morgan fingerprint density at radius 1 is 1.00 bits per heavy atom. The molecule has 0 aliphatic heterocycles. The van der Waals surface area contributed by atoms with Crippen molar-refractivity contribution >= 4 is 11.0 Å². The molecule has 0 aliphatic rings. The Labute approximate surface area is 134 Å². The van der Waals surface area contributed by atoms with Gasteiger partial charge in [0.25, 0.3) is 0 Å². The molecule has 23 heavy (non-hydrogen) atoms. The lowest BCUT2D eigenvalue weighted by Gasteiger charge is -2.10. The zero-order valence-electron chi connectivity index (χ0n) is 13.2. The van der Waals surface area contributed by atoms with Gasteiger partial charge in [0.05, 0.1) is 6.61 Å². The van der Waals surface area contributed by atoms with Crippen molar-refractivity contribution in [3.05, 3.63) is 64.5 Å². The van der Waals surface area contributed by atoms with Crippen molar-refractivity contribution in [3.63, 3.8) is 0 Å². The first-order chi connectivity index (χ1) is 11.2. The number of hydrogen-bond donors (Lipinski definition) is 0. The van der Waals surface area contributed by atoms with E-state index in [-0.39, 0.29) is 5.63 Å². The molecule has 0 radical (unpaired) electrons. The molecule has 118 valence electrons. The second kappa shape index (κ2) is 6.67. The van der Waals surface area contributed by atoms with Crippen molar-refractivity contribution in [2.45, 2.75) is 6.92 Å². The van der Waals surface area contributed by atoms with Crippen LogP contribution in [-0.4, -0.2) is 20.3 Å². The minimum absolute atomic E-state index is 0.371. The minimum Gasteiger partial charge on any atom is -0.491 e.